The summed E-state index contributed by atoms with van der Waals surface area (Å²) < 4.78 is 1.81. The zero-order valence-corrected chi connectivity index (χ0v) is 11.9. The molecule has 0 radical (unpaired) electrons. The number of benzene rings is 2. The maximum Gasteiger partial charge on any atom is 0.280 e. The first-order valence-corrected chi connectivity index (χ1v) is 6.82. The molecule has 3 rings (SSSR count). The number of para-hydroxylation sites is 1. The Morgan fingerprint density at radius 2 is 1.82 bits per heavy atom. The number of rotatable bonds is 3. The number of carbonyl (C=O) groups is 1. The molecule has 0 saturated heterocycles. The van der Waals surface area contributed by atoms with Gasteiger partial charge in [-0.05, 0) is 17.7 Å². The van der Waals surface area contributed by atoms with Crippen LogP contribution in [0.3, 0.4) is 0 Å². The normalized spacial score (nSPS) is 10.8. The van der Waals surface area contributed by atoms with Gasteiger partial charge in [0.25, 0.3) is 5.56 Å². The lowest BCUT2D eigenvalue weighted by molar-refractivity contribution is -0.255. The molecule has 0 aliphatic heterocycles. The Labute approximate surface area is 126 Å². The maximum atomic E-state index is 12.1. The minimum Gasteiger partial charge on any atom is -0.545 e. The number of fused-ring (bicyclic) bond motifs is 1. The fourth-order valence-corrected chi connectivity index (χ4v) is 2.54. The van der Waals surface area contributed by atoms with E-state index in [1.54, 1.807) is 30.3 Å². The molecule has 0 aliphatic carbocycles. The van der Waals surface area contributed by atoms with E-state index in [0.717, 1.165) is 5.52 Å². The molecule has 0 bridgehead atoms. The van der Waals surface area contributed by atoms with Crippen molar-refractivity contribution in [1.29, 1.82) is 0 Å². The molecular formula is C17H13N2O3-. The molecule has 0 atom stereocenters. The van der Waals surface area contributed by atoms with E-state index in [4.69, 9.17) is 0 Å². The third kappa shape index (κ3) is 2.37. The molecule has 22 heavy (non-hydrogen) atoms. The molecular weight excluding hydrogens is 280 g/mol. The molecule has 0 fully saturated rings. The maximum absolute atomic E-state index is 12.1. The van der Waals surface area contributed by atoms with Crippen LogP contribution < -0.4 is 10.7 Å². The monoisotopic (exact) mass is 293 g/mol. The van der Waals surface area contributed by atoms with E-state index in [2.05, 4.69) is 4.98 Å². The van der Waals surface area contributed by atoms with Crippen LogP contribution in [0, 0.1) is 0 Å². The van der Waals surface area contributed by atoms with Crippen molar-refractivity contribution in [2.75, 3.05) is 0 Å². The number of hydrogen-bond acceptors (Lipinski definition) is 4. The Morgan fingerprint density at radius 3 is 2.59 bits per heavy atom. The Morgan fingerprint density at radius 1 is 1.14 bits per heavy atom. The third-order valence-electron chi connectivity index (χ3n) is 3.70. The van der Waals surface area contributed by atoms with Crippen molar-refractivity contribution in [1.82, 2.24) is 9.55 Å². The highest BCUT2D eigenvalue weighted by Gasteiger charge is 2.10. The lowest BCUT2D eigenvalue weighted by Gasteiger charge is -2.14. The van der Waals surface area contributed by atoms with Crippen molar-refractivity contribution in [3.63, 3.8) is 0 Å². The summed E-state index contributed by atoms with van der Waals surface area (Å²) in [4.78, 5) is 27.4. The van der Waals surface area contributed by atoms with Crippen LogP contribution in [-0.2, 0) is 13.5 Å². The zero-order chi connectivity index (χ0) is 15.7. The van der Waals surface area contributed by atoms with Gasteiger partial charge >= 0.3 is 0 Å². The molecule has 1 heterocycles. The fourth-order valence-electron chi connectivity index (χ4n) is 2.54. The molecule has 110 valence electrons. The summed E-state index contributed by atoms with van der Waals surface area (Å²) in [6.45, 7) is 0. The summed E-state index contributed by atoms with van der Waals surface area (Å²) >= 11 is 0. The van der Waals surface area contributed by atoms with Gasteiger partial charge in [0.2, 0.25) is 0 Å². The van der Waals surface area contributed by atoms with Gasteiger partial charge in [0.15, 0.2) is 0 Å². The van der Waals surface area contributed by atoms with Gasteiger partial charge in [-0.25, -0.2) is 0 Å². The number of carboxylic acid groups (broad SMARTS) is 1. The average Bonchev–Trinajstić information content (AvgIpc) is 2.53. The molecule has 2 aromatic carbocycles. The van der Waals surface area contributed by atoms with Crippen LogP contribution in [0.2, 0.25) is 0 Å². The minimum atomic E-state index is -1.23. The number of aryl methyl sites for hydroxylation is 1. The number of carboxylic acids is 1. The quantitative estimate of drug-likeness (QED) is 0.718. The van der Waals surface area contributed by atoms with Crippen molar-refractivity contribution in [2.24, 2.45) is 7.05 Å². The first kappa shape index (κ1) is 14.0. The second-order valence-electron chi connectivity index (χ2n) is 5.03. The Balaban J connectivity index is 2.15. The van der Waals surface area contributed by atoms with Gasteiger partial charge in [-0.3, -0.25) is 4.79 Å². The molecule has 3 aromatic rings. The van der Waals surface area contributed by atoms with Crippen LogP contribution in [-0.4, -0.2) is 15.5 Å². The van der Waals surface area contributed by atoms with E-state index in [1.807, 2.05) is 23.7 Å². The van der Waals surface area contributed by atoms with E-state index in [1.165, 1.54) is 6.07 Å². The third-order valence-corrected chi connectivity index (χ3v) is 3.70. The summed E-state index contributed by atoms with van der Waals surface area (Å²) in [6.07, 6.45) is 0.251. The van der Waals surface area contributed by atoms with E-state index in [9.17, 15) is 14.7 Å². The van der Waals surface area contributed by atoms with Crippen molar-refractivity contribution in [3.05, 3.63) is 75.8 Å². The lowest BCUT2D eigenvalue weighted by Crippen LogP contribution is -2.24. The first-order valence-electron chi connectivity index (χ1n) is 6.82. The van der Waals surface area contributed by atoms with E-state index in [-0.39, 0.29) is 17.5 Å². The van der Waals surface area contributed by atoms with Crippen molar-refractivity contribution < 1.29 is 9.90 Å². The number of hydrogen-bond donors (Lipinski definition) is 0. The molecule has 0 unspecified atom stereocenters. The van der Waals surface area contributed by atoms with Crippen LogP contribution in [0.5, 0.6) is 0 Å². The summed E-state index contributed by atoms with van der Waals surface area (Å²) in [5.74, 6) is -0.723. The van der Waals surface area contributed by atoms with Crippen LogP contribution in [0.25, 0.3) is 10.9 Å². The molecule has 0 amide bonds. The Hall–Kier alpha value is -2.95. The summed E-state index contributed by atoms with van der Waals surface area (Å²) in [5, 5.41) is 11.7. The molecule has 0 N–H and O–H groups in total. The first-order chi connectivity index (χ1) is 10.6. The fraction of sp³-hybridized carbons (Fsp3) is 0.118. The van der Waals surface area contributed by atoms with Gasteiger partial charge in [-0.15, -0.1) is 0 Å². The second kappa shape index (κ2) is 5.44. The van der Waals surface area contributed by atoms with Gasteiger partial charge < -0.3 is 14.5 Å². The van der Waals surface area contributed by atoms with Crippen molar-refractivity contribution in [2.45, 2.75) is 6.42 Å². The molecule has 0 aliphatic rings. The van der Waals surface area contributed by atoms with E-state index < -0.39 is 5.97 Å². The predicted octanol–water partition coefficient (Wildman–Crippen LogP) is 0.888. The number of aromatic carboxylic acids is 1. The highest BCUT2D eigenvalue weighted by Crippen LogP contribution is 2.15. The Bertz CT molecular complexity index is 929. The molecule has 0 spiro atoms. The largest absolute Gasteiger partial charge is 0.545 e. The molecule has 1 aromatic heterocycles. The van der Waals surface area contributed by atoms with Crippen LogP contribution in [0.1, 0.15) is 21.7 Å². The molecule has 5 heteroatoms. The highest BCUT2D eigenvalue weighted by molar-refractivity contribution is 5.87. The average molecular weight is 293 g/mol. The van der Waals surface area contributed by atoms with Gasteiger partial charge in [-0.2, -0.15) is 4.98 Å². The van der Waals surface area contributed by atoms with Crippen molar-refractivity contribution in [3.8, 4) is 0 Å². The second-order valence-corrected chi connectivity index (χ2v) is 5.03. The summed E-state index contributed by atoms with van der Waals surface area (Å²) in [6, 6.07) is 13.8. The number of carbonyl (C=O) groups excluding carboxylic acids is 1. The van der Waals surface area contributed by atoms with E-state index in [0.29, 0.717) is 16.8 Å². The van der Waals surface area contributed by atoms with Crippen LogP contribution >= 0.6 is 0 Å². The van der Waals surface area contributed by atoms with Gasteiger partial charge in [-0.1, -0.05) is 36.4 Å². The highest BCUT2D eigenvalue weighted by atomic mass is 16.4. The minimum absolute atomic E-state index is 0.116. The lowest BCUT2D eigenvalue weighted by atomic mass is 10.0. The standard InChI is InChI=1S/C17H14N2O3/c1-19-14-9-5-4-8-13(14)16(20)18-15(19)10-11-6-2-3-7-12(11)17(21)22/h2-9H,10H2,1H3,(H,21,22)/p-1. The number of nitrogens with zero attached hydrogens (tertiary/aromatic N) is 2. The van der Waals surface area contributed by atoms with E-state index >= 15 is 0 Å². The zero-order valence-electron chi connectivity index (χ0n) is 11.9. The number of aromatic nitrogens is 2. The van der Waals surface area contributed by atoms with Crippen molar-refractivity contribution >= 4 is 16.9 Å². The van der Waals surface area contributed by atoms with Gasteiger partial charge in [0, 0.05) is 19.0 Å². The molecule has 0 saturated carbocycles. The topological polar surface area (TPSA) is 75.0 Å². The van der Waals surface area contributed by atoms with Crippen LogP contribution in [0.4, 0.5) is 0 Å². The smallest absolute Gasteiger partial charge is 0.280 e. The SMILES string of the molecule is Cn1c(Cc2ccccc2C(=O)[O-])nc(=O)c2ccccc21. The summed E-state index contributed by atoms with van der Waals surface area (Å²) in [5.41, 5.74) is 1.14. The van der Waals surface area contributed by atoms with Gasteiger partial charge in [0.1, 0.15) is 5.82 Å². The van der Waals surface area contributed by atoms with Crippen LogP contribution in [0.15, 0.2) is 53.3 Å². The Kier molecular flexibility index (Phi) is 3.47. The van der Waals surface area contributed by atoms with Gasteiger partial charge in [0.05, 0.1) is 16.9 Å². The summed E-state index contributed by atoms with van der Waals surface area (Å²) in [7, 11) is 1.81. The predicted molar refractivity (Wildman–Crippen MR) is 80.6 cm³/mol. The molecule has 5 nitrogen and oxygen atoms in total.